The first-order chi connectivity index (χ1) is 8.26. The number of hydrogen-bond donors (Lipinski definition) is 1. The van der Waals surface area contributed by atoms with Crippen LogP contribution in [0.25, 0.3) is 0 Å². The van der Waals surface area contributed by atoms with Crippen molar-refractivity contribution in [3.63, 3.8) is 0 Å². The number of rotatable bonds is 4. The molecule has 7 heteroatoms. The van der Waals surface area contributed by atoms with E-state index in [1.807, 2.05) is 0 Å². The van der Waals surface area contributed by atoms with Crippen molar-refractivity contribution in [1.82, 2.24) is 9.97 Å². The smallest absolute Gasteiger partial charge is 0.353 e. The van der Waals surface area contributed by atoms with Crippen LogP contribution in [-0.2, 0) is 0 Å². The zero-order chi connectivity index (χ0) is 13.9. The molecule has 0 aliphatic carbocycles. The predicted molar refractivity (Wildman–Crippen MR) is 71.0 cm³/mol. The van der Waals surface area contributed by atoms with Gasteiger partial charge in [0.1, 0.15) is 6.33 Å². The maximum Gasteiger partial charge on any atom is 0.353 e. The molecular weight excluding hydrogens is 234 g/mol. The van der Waals surface area contributed by atoms with Crippen LogP contribution in [0, 0.1) is 15.5 Å². The van der Waals surface area contributed by atoms with Gasteiger partial charge in [-0.3, -0.25) is 10.1 Å². The minimum absolute atomic E-state index is 0.0212. The molecule has 0 saturated carbocycles. The van der Waals surface area contributed by atoms with Gasteiger partial charge in [-0.05, 0) is 5.41 Å². The van der Waals surface area contributed by atoms with E-state index >= 15 is 0 Å². The maximum absolute atomic E-state index is 11.1. The lowest BCUT2D eigenvalue weighted by Crippen LogP contribution is -2.30. The SMILES string of the molecule is CNc1ncnc(N(C)CC(C)(C)C)c1[N+](=O)[O-]. The molecule has 1 aromatic heterocycles. The van der Waals surface area contributed by atoms with E-state index in [1.54, 1.807) is 19.0 Å². The van der Waals surface area contributed by atoms with E-state index in [-0.39, 0.29) is 16.9 Å². The van der Waals surface area contributed by atoms with Crippen molar-refractivity contribution in [1.29, 1.82) is 0 Å². The van der Waals surface area contributed by atoms with Crippen molar-refractivity contribution in [2.24, 2.45) is 5.41 Å². The molecule has 0 saturated heterocycles. The molecular formula is C11H19N5O2. The molecule has 0 radical (unpaired) electrons. The highest BCUT2D eigenvalue weighted by Crippen LogP contribution is 2.32. The summed E-state index contributed by atoms with van der Waals surface area (Å²) in [7, 11) is 3.39. The second kappa shape index (κ2) is 5.16. The molecule has 0 fully saturated rings. The van der Waals surface area contributed by atoms with E-state index in [0.29, 0.717) is 12.4 Å². The number of anilines is 2. The average molecular weight is 253 g/mol. The lowest BCUT2D eigenvalue weighted by Gasteiger charge is -2.27. The first kappa shape index (κ1) is 14.1. The second-order valence-corrected chi connectivity index (χ2v) is 5.32. The molecule has 7 nitrogen and oxygen atoms in total. The summed E-state index contributed by atoms with van der Waals surface area (Å²) >= 11 is 0. The molecule has 0 aliphatic heterocycles. The van der Waals surface area contributed by atoms with Gasteiger partial charge < -0.3 is 10.2 Å². The third-order valence-electron chi connectivity index (χ3n) is 2.30. The minimum atomic E-state index is -0.458. The molecule has 100 valence electrons. The summed E-state index contributed by atoms with van der Waals surface area (Å²) in [6, 6.07) is 0. The molecule has 1 N–H and O–H groups in total. The van der Waals surface area contributed by atoms with Crippen molar-refractivity contribution >= 4 is 17.3 Å². The van der Waals surface area contributed by atoms with E-state index in [2.05, 4.69) is 36.1 Å². The quantitative estimate of drug-likeness (QED) is 0.651. The summed E-state index contributed by atoms with van der Waals surface area (Å²) in [5.74, 6) is 0.556. The Kier molecular flexibility index (Phi) is 4.05. The first-order valence-electron chi connectivity index (χ1n) is 5.64. The molecule has 1 heterocycles. The Hall–Kier alpha value is -1.92. The normalized spacial score (nSPS) is 11.2. The molecule has 0 unspecified atom stereocenters. The highest BCUT2D eigenvalue weighted by atomic mass is 16.6. The molecule has 0 amide bonds. The van der Waals surface area contributed by atoms with Crippen molar-refractivity contribution in [2.45, 2.75) is 20.8 Å². The van der Waals surface area contributed by atoms with Crippen molar-refractivity contribution in [3.05, 3.63) is 16.4 Å². The van der Waals surface area contributed by atoms with Gasteiger partial charge in [0.15, 0.2) is 0 Å². The number of nitrogens with zero attached hydrogens (tertiary/aromatic N) is 4. The van der Waals surface area contributed by atoms with Gasteiger partial charge in [0.05, 0.1) is 4.92 Å². The molecule has 0 spiro atoms. The van der Waals surface area contributed by atoms with E-state index in [0.717, 1.165) is 0 Å². The predicted octanol–water partition coefficient (Wildman–Crippen LogP) is 1.91. The molecule has 1 aromatic rings. The zero-order valence-corrected chi connectivity index (χ0v) is 11.4. The Labute approximate surface area is 106 Å². The number of hydrogen-bond acceptors (Lipinski definition) is 6. The summed E-state index contributed by atoms with van der Waals surface area (Å²) in [6.07, 6.45) is 1.33. The van der Waals surface area contributed by atoms with E-state index in [9.17, 15) is 10.1 Å². The average Bonchev–Trinajstić information content (AvgIpc) is 2.25. The summed E-state index contributed by atoms with van der Waals surface area (Å²) in [6.45, 7) is 6.86. The standard InChI is InChI=1S/C11H19N5O2/c1-11(2,3)6-15(5)10-8(16(17)18)9(12-4)13-7-14-10/h7H,6H2,1-5H3,(H,12,13,14). The summed E-state index contributed by atoms with van der Waals surface area (Å²) < 4.78 is 0. The minimum Gasteiger partial charge on any atom is -0.367 e. The van der Waals surface area contributed by atoms with Crippen LogP contribution in [-0.4, -0.2) is 35.5 Å². The van der Waals surface area contributed by atoms with Crippen LogP contribution in [0.1, 0.15) is 20.8 Å². The monoisotopic (exact) mass is 253 g/mol. The van der Waals surface area contributed by atoms with Crippen LogP contribution in [0.5, 0.6) is 0 Å². The van der Waals surface area contributed by atoms with E-state index in [1.165, 1.54) is 6.33 Å². The first-order valence-corrected chi connectivity index (χ1v) is 5.64. The highest BCUT2D eigenvalue weighted by Gasteiger charge is 2.26. The molecule has 1 rings (SSSR count). The molecule has 0 bridgehead atoms. The van der Waals surface area contributed by atoms with Crippen molar-refractivity contribution < 1.29 is 4.92 Å². The van der Waals surface area contributed by atoms with Crippen molar-refractivity contribution in [3.8, 4) is 0 Å². The van der Waals surface area contributed by atoms with Gasteiger partial charge in [0.25, 0.3) is 0 Å². The van der Waals surface area contributed by atoms with Crippen LogP contribution in [0.3, 0.4) is 0 Å². The molecule has 0 aromatic carbocycles. The molecule has 0 atom stereocenters. The van der Waals surface area contributed by atoms with Gasteiger partial charge in [-0.25, -0.2) is 9.97 Å². The summed E-state index contributed by atoms with van der Waals surface area (Å²) in [5.41, 5.74) is -0.0698. The number of nitro groups is 1. The largest absolute Gasteiger partial charge is 0.367 e. The zero-order valence-electron chi connectivity index (χ0n) is 11.4. The van der Waals surface area contributed by atoms with E-state index in [4.69, 9.17) is 0 Å². The van der Waals surface area contributed by atoms with Gasteiger partial charge in [0, 0.05) is 20.6 Å². The van der Waals surface area contributed by atoms with Gasteiger partial charge in [-0.15, -0.1) is 0 Å². The van der Waals surface area contributed by atoms with Crippen LogP contribution in [0.15, 0.2) is 6.33 Å². The Balaban J connectivity index is 3.19. The second-order valence-electron chi connectivity index (χ2n) is 5.32. The Morgan fingerprint density at radius 2 is 2.06 bits per heavy atom. The van der Waals surface area contributed by atoms with Crippen LogP contribution >= 0.6 is 0 Å². The fourth-order valence-corrected chi connectivity index (χ4v) is 1.79. The lowest BCUT2D eigenvalue weighted by molar-refractivity contribution is -0.383. The van der Waals surface area contributed by atoms with Crippen LogP contribution in [0.2, 0.25) is 0 Å². The third kappa shape index (κ3) is 3.28. The topological polar surface area (TPSA) is 84.2 Å². The van der Waals surface area contributed by atoms with E-state index < -0.39 is 4.92 Å². The van der Waals surface area contributed by atoms with Crippen LogP contribution in [0.4, 0.5) is 17.3 Å². The van der Waals surface area contributed by atoms with Gasteiger partial charge >= 0.3 is 5.69 Å². The summed E-state index contributed by atoms with van der Waals surface area (Å²) in [5, 5.41) is 13.8. The summed E-state index contributed by atoms with van der Waals surface area (Å²) in [4.78, 5) is 20.3. The van der Waals surface area contributed by atoms with Gasteiger partial charge in [-0.1, -0.05) is 20.8 Å². The third-order valence-corrected chi connectivity index (χ3v) is 2.30. The maximum atomic E-state index is 11.1. The molecule has 0 aliphatic rings. The number of nitrogens with one attached hydrogen (secondary N) is 1. The van der Waals surface area contributed by atoms with Crippen LogP contribution < -0.4 is 10.2 Å². The lowest BCUT2D eigenvalue weighted by atomic mass is 9.96. The number of aromatic nitrogens is 2. The Morgan fingerprint density at radius 1 is 1.44 bits per heavy atom. The van der Waals surface area contributed by atoms with Gasteiger partial charge in [-0.2, -0.15) is 0 Å². The molecule has 18 heavy (non-hydrogen) atoms. The Bertz CT molecular complexity index is 442. The fourth-order valence-electron chi connectivity index (χ4n) is 1.79. The Morgan fingerprint density at radius 3 is 2.50 bits per heavy atom. The highest BCUT2D eigenvalue weighted by molar-refractivity contribution is 5.69. The fraction of sp³-hybridized carbons (Fsp3) is 0.636. The van der Waals surface area contributed by atoms with Gasteiger partial charge in [0.2, 0.25) is 11.6 Å². The van der Waals surface area contributed by atoms with Crippen molar-refractivity contribution in [2.75, 3.05) is 30.9 Å².